The molecule has 1 heterocycles. The molecule has 0 radical (unpaired) electrons. The smallest absolute Gasteiger partial charge is 0.347 e. The van der Waals surface area contributed by atoms with Crippen LogP contribution in [0, 0.1) is 13.8 Å². The van der Waals surface area contributed by atoms with Crippen molar-refractivity contribution in [3.63, 3.8) is 0 Å². The molecule has 6 heteroatoms. The number of methoxy groups -OCH3 is 1. The van der Waals surface area contributed by atoms with E-state index in [1.807, 2.05) is 19.9 Å². The van der Waals surface area contributed by atoms with E-state index in [0.29, 0.717) is 22.3 Å². The lowest BCUT2D eigenvalue weighted by atomic mass is 10.0. The van der Waals surface area contributed by atoms with E-state index in [0.717, 1.165) is 11.1 Å². The van der Waals surface area contributed by atoms with Crippen LogP contribution < -0.4 is 14.9 Å². The van der Waals surface area contributed by atoms with Crippen LogP contribution in [0.5, 0.6) is 11.5 Å². The number of esters is 1. The van der Waals surface area contributed by atoms with Crippen LogP contribution in [0.1, 0.15) is 25.0 Å². The van der Waals surface area contributed by atoms with Gasteiger partial charge in [0.1, 0.15) is 11.3 Å². The molecule has 0 amide bonds. The summed E-state index contributed by atoms with van der Waals surface area (Å²) in [7, 11) is 1.58. The number of hydrogen-bond donors (Lipinski definition) is 0. The summed E-state index contributed by atoms with van der Waals surface area (Å²) in [6.07, 6.45) is -0.959. The number of fused-ring (bicyclic) bond motifs is 1. The number of carbonyl (C=O) groups is 1. The zero-order valence-electron chi connectivity index (χ0n) is 17.2. The van der Waals surface area contributed by atoms with Crippen LogP contribution in [-0.2, 0) is 9.53 Å². The highest BCUT2D eigenvalue weighted by Crippen LogP contribution is 2.33. The van der Waals surface area contributed by atoms with E-state index in [1.54, 1.807) is 51.3 Å². The molecule has 0 aliphatic rings. The van der Waals surface area contributed by atoms with Crippen LogP contribution in [0.15, 0.2) is 45.6 Å². The molecule has 3 rings (SSSR count). The van der Waals surface area contributed by atoms with Crippen molar-refractivity contribution in [2.24, 2.45) is 0 Å². The van der Waals surface area contributed by atoms with Crippen molar-refractivity contribution in [1.29, 1.82) is 0 Å². The summed E-state index contributed by atoms with van der Waals surface area (Å²) < 4.78 is 22.1. The zero-order valence-corrected chi connectivity index (χ0v) is 17.2. The maximum Gasteiger partial charge on any atom is 0.347 e. The number of aryl methyl sites for hydroxylation is 2. The Morgan fingerprint density at radius 1 is 1.10 bits per heavy atom. The average Bonchev–Trinajstić information content (AvgIpc) is 2.71. The van der Waals surface area contributed by atoms with Gasteiger partial charge < -0.3 is 18.6 Å². The van der Waals surface area contributed by atoms with Crippen LogP contribution in [0.4, 0.5) is 0 Å². The Bertz CT molecular complexity index is 1100. The van der Waals surface area contributed by atoms with Gasteiger partial charge in [0, 0.05) is 5.56 Å². The first-order valence-electron chi connectivity index (χ1n) is 9.41. The molecule has 0 aliphatic heterocycles. The SMILES string of the molecule is CCOC(=O)[C@H](C)Oc1c(-c2ccc(OC)cc2)oc2cc(C)c(C)cc2c1=O. The highest BCUT2D eigenvalue weighted by atomic mass is 16.6. The quantitative estimate of drug-likeness (QED) is 0.575. The molecule has 0 N–H and O–H groups in total. The molecular weight excluding hydrogens is 372 g/mol. The van der Waals surface area contributed by atoms with Gasteiger partial charge in [0.2, 0.25) is 11.2 Å². The molecule has 2 aromatic carbocycles. The van der Waals surface area contributed by atoms with Gasteiger partial charge in [-0.3, -0.25) is 4.79 Å². The van der Waals surface area contributed by atoms with Crippen LogP contribution in [0.3, 0.4) is 0 Å². The van der Waals surface area contributed by atoms with E-state index in [9.17, 15) is 9.59 Å². The molecule has 0 unspecified atom stereocenters. The Hall–Kier alpha value is -3.28. The largest absolute Gasteiger partial charge is 0.497 e. The summed E-state index contributed by atoms with van der Waals surface area (Å²) in [6, 6.07) is 10.7. The van der Waals surface area contributed by atoms with E-state index >= 15 is 0 Å². The van der Waals surface area contributed by atoms with Gasteiger partial charge in [0.05, 0.1) is 19.1 Å². The van der Waals surface area contributed by atoms with Crippen LogP contribution in [-0.4, -0.2) is 25.8 Å². The van der Waals surface area contributed by atoms with Crippen molar-refractivity contribution >= 4 is 16.9 Å². The minimum atomic E-state index is -0.959. The van der Waals surface area contributed by atoms with Gasteiger partial charge in [-0.15, -0.1) is 0 Å². The predicted molar refractivity (Wildman–Crippen MR) is 111 cm³/mol. The van der Waals surface area contributed by atoms with E-state index in [1.165, 1.54) is 0 Å². The van der Waals surface area contributed by atoms with Gasteiger partial charge in [0.15, 0.2) is 11.9 Å². The van der Waals surface area contributed by atoms with Crippen molar-refractivity contribution in [2.75, 3.05) is 13.7 Å². The lowest BCUT2D eigenvalue weighted by Gasteiger charge is -2.16. The average molecular weight is 396 g/mol. The summed E-state index contributed by atoms with van der Waals surface area (Å²) in [6.45, 7) is 7.35. The lowest BCUT2D eigenvalue weighted by Crippen LogP contribution is -2.28. The summed E-state index contributed by atoms with van der Waals surface area (Å²) in [4.78, 5) is 25.3. The molecule has 0 fully saturated rings. The molecule has 3 aromatic rings. The van der Waals surface area contributed by atoms with Crippen molar-refractivity contribution < 1.29 is 23.4 Å². The number of benzene rings is 2. The molecule has 0 saturated heterocycles. The molecule has 0 saturated carbocycles. The predicted octanol–water partition coefficient (Wildman–Crippen LogP) is 4.42. The van der Waals surface area contributed by atoms with Crippen LogP contribution >= 0.6 is 0 Å². The number of rotatable bonds is 6. The third-order valence-corrected chi connectivity index (χ3v) is 4.73. The topological polar surface area (TPSA) is 75.0 Å². The monoisotopic (exact) mass is 396 g/mol. The minimum Gasteiger partial charge on any atom is -0.497 e. The molecule has 152 valence electrons. The van der Waals surface area contributed by atoms with Gasteiger partial charge in [-0.1, -0.05) is 0 Å². The van der Waals surface area contributed by atoms with E-state index < -0.39 is 12.1 Å². The maximum atomic E-state index is 13.3. The van der Waals surface area contributed by atoms with Crippen molar-refractivity contribution in [1.82, 2.24) is 0 Å². The molecule has 6 nitrogen and oxygen atoms in total. The van der Waals surface area contributed by atoms with Gasteiger partial charge in [-0.2, -0.15) is 0 Å². The standard InChI is InChI=1S/C23H24O6/c1-6-27-23(25)15(4)28-22-20(24)18-11-13(2)14(3)12-19(18)29-21(22)16-7-9-17(26-5)10-8-16/h7-12,15H,6H2,1-5H3/t15-/m0/s1. The Kier molecular flexibility index (Phi) is 5.92. The fourth-order valence-corrected chi connectivity index (χ4v) is 2.96. The van der Waals surface area contributed by atoms with Crippen molar-refractivity contribution in [2.45, 2.75) is 33.8 Å². The Balaban J connectivity index is 2.21. The van der Waals surface area contributed by atoms with Gasteiger partial charge in [0.25, 0.3) is 0 Å². The van der Waals surface area contributed by atoms with Crippen molar-refractivity contribution in [3.8, 4) is 22.8 Å². The summed E-state index contributed by atoms with van der Waals surface area (Å²) in [5.41, 5.74) is 2.73. The maximum absolute atomic E-state index is 13.3. The van der Waals surface area contributed by atoms with E-state index in [-0.39, 0.29) is 23.5 Å². The normalized spacial score (nSPS) is 11.9. The van der Waals surface area contributed by atoms with Gasteiger partial charge >= 0.3 is 5.97 Å². The second-order valence-corrected chi connectivity index (χ2v) is 6.76. The summed E-state index contributed by atoms with van der Waals surface area (Å²) in [5.74, 6) is 0.356. The Labute approximate surface area is 169 Å². The van der Waals surface area contributed by atoms with E-state index in [4.69, 9.17) is 18.6 Å². The number of carbonyl (C=O) groups excluding carboxylic acids is 1. The molecule has 0 bridgehead atoms. The summed E-state index contributed by atoms with van der Waals surface area (Å²) in [5, 5.41) is 0.399. The lowest BCUT2D eigenvalue weighted by molar-refractivity contribution is -0.150. The van der Waals surface area contributed by atoms with Crippen LogP contribution in [0.25, 0.3) is 22.3 Å². The van der Waals surface area contributed by atoms with E-state index in [2.05, 4.69) is 0 Å². The van der Waals surface area contributed by atoms with Gasteiger partial charge in [-0.25, -0.2) is 4.79 Å². The van der Waals surface area contributed by atoms with Gasteiger partial charge in [-0.05, 0) is 75.2 Å². The second kappa shape index (κ2) is 8.39. The Morgan fingerprint density at radius 2 is 1.76 bits per heavy atom. The molecule has 29 heavy (non-hydrogen) atoms. The first-order chi connectivity index (χ1) is 13.8. The Morgan fingerprint density at radius 3 is 2.38 bits per heavy atom. The molecule has 0 aliphatic carbocycles. The first-order valence-corrected chi connectivity index (χ1v) is 9.41. The number of ether oxygens (including phenoxy) is 3. The third kappa shape index (κ3) is 4.11. The fraction of sp³-hybridized carbons (Fsp3) is 0.304. The third-order valence-electron chi connectivity index (χ3n) is 4.73. The summed E-state index contributed by atoms with van der Waals surface area (Å²) >= 11 is 0. The molecule has 0 spiro atoms. The minimum absolute atomic E-state index is 0.0218. The second-order valence-electron chi connectivity index (χ2n) is 6.76. The highest BCUT2D eigenvalue weighted by molar-refractivity contribution is 5.84. The first kappa shape index (κ1) is 20.5. The van der Waals surface area contributed by atoms with Crippen LogP contribution in [0.2, 0.25) is 0 Å². The molecule has 1 aromatic heterocycles. The van der Waals surface area contributed by atoms with Crippen molar-refractivity contribution in [3.05, 3.63) is 57.7 Å². The molecular formula is C23H24O6. The highest BCUT2D eigenvalue weighted by Gasteiger charge is 2.24. The zero-order chi connectivity index (χ0) is 21.1. The molecule has 1 atom stereocenters. The number of hydrogen-bond acceptors (Lipinski definition) is 6. The fourth-order valence-electron chi connectivity index (χ4n) is 2.96.